The molecule has 7 heteroatoms. The van der Waals surface area contributed by atoms with Gasteiger partial charge in [-0.25, -0.2) is 4.98 Å². The van der Waals surface area contributed by atoms with Crippen molar-refractivity contribution in [2.24, 2.45) is 0 Å². The standard InChI is InChI=1S/C23H20N4O3/c1-15(28)25-17-9-12-22(30-2)20(13-17)26-23(29)16-7-10-18(11-8-16)27-14-24-19-5-3-4-6-21(19)27/h3-14H,1-2H3,(H,25,28)(H,26,29). The van der Waals surface area contributed by atoms with E-state index in [4.69, 9.17) is 4.74 Å². The van der Waals surface area contributed by atoms with Crippen LogP contribution in [0.5, 0.6) is 5.75 Å². The van der Waals surface area contributed by atoms with Crippen LogP contribution in [0.2, 0.25) is 0 Å². The van der Waals surface area contributed by atoms with Gasteiger partial charge in [-0.1, -0.05) is 12.1 Å². The topological polar surface area (TPSA) is 85.3 Å². The number of aromatic nitrogens is 2. The van der Waals surface area contributed by atoms with Gasteiger partial charge in [0.25, 0.3) is 5.91 Å². The zero-order valence-electron chi connectivity index (χ0n) is 16.5. The SMILES string of the molecule is COc1ccc(NC(C)=O)cc1NC(=O)c1ccc(-n2cnc3ccccc32)cc1. The zero-order valence-corrected chi connectivity index (χ0v) is 16.5. The van der Waals surface area contributed by atoms with Crippen LogP contribution in [0.3, 0.4) is 0 Å². The zero-order chi connectivity index (χ0) is 21.1. The molecule has 0 unspecified atom stereocenters. The Labute approximate surface area is 173 Å². The summed E-state index contributed by atoms with van der Waals surface area (Å²) >= 11 is 0. The van der Waals surface area contributed by atoms with E-state index in [1.807, 2.05) is 41.0 Å². The number of methoxy groups -OCH3 is 1. The highest BCUT2D eigenvalue weighted by Crippen LogP contribution is 2.28. The van der Waals surface area contributed by atoms with Gasteiger partial charge in [0, 0.05) is 23.9 Å². The number of carbonyl (C=O) groups is 2. The molecule has 3 aromatic carbocycles. The van der Waals surface area contributed by atoms with Crippen molar-refractivity contribution in [1.29, 1.82) is 0 Å². The van der Waals surface area contributed by atoms with Crippen molar-refractivity contribution in [3.05, 3.63) is 78.6 Å². The van der Waals surface area contributed by atoms with Crippen LogP contribution in [-0.4, -0.2) is 28.5 Å². The van der Waals surface area contributed by atoms with Gasteiger partial charge in [0.2, 0.25) is 5.91 Å². The third kappa shape index (κ3) is 3.86. The number of amides is 2. The van der Waals surface area contributed by atoms with Crippen molar-refractivity contribution in [3.8, 4) is 11.4 Å². The van der Waals surface area contributed by atoms with Gasteiger partial charge in [-0.15, -0.1) is 0 Å². The second-order valence-electron chi connectivity index (χ2n) is 6.70. The van der Waals surface area contributed by atoms with Crippen molar-refractivity contribution in [1.82, 2.24) is 9.55 Å². The monoisotopic (exact) mass is 400 g/mol. The van der Waals surface area contributed by atoms with Crippen LogP contribution in [0.4, 0.5) is 11.4 Å². The molecular formula is C23H20N4O3. The van der Waals surface area contributed by atoms with Crippen molar-refractivity contribution >= 4 is 34.2 Å². The van der Waals surface area contributed by atoms with Gasteiger partial charge >= 0.3 is 0 Å². The van der Waals surface area contributed by atoms with Gasteiger partial charge in [0.1, 0.15) is 12.1 Å². The Balaban J connectivity index is 1.56. The molecule has 0 saturated heterocycles. The lowest BCUT2D eigenvalue weighted by molar-refractivity contribution is -0.114. The molecule has 150 valence electrons. The highest BCUT2D eigenvalue weighted by molar-refractivity contribution is 6.05. The fraction of sp³-hybridized carbons (Fsp3) is 0.0870. The summed E-state index contributed by atoms with van der Waals surface area (Å²) in [6.45, 7) is 1.42. The average Bonchev–Trinajstić information content (AvgIpc) is 3.18. The second-order valence-corrected chi connectivity index (χ2v) is 6.70. The number of carbonyl (C=O) groups excluding carboxylic acids is 2. The first-order chi connectivity index (χ1) is 14.5. The highest BCUT2D eigenvalue weighted by Gasteiger charge is 2.12. The summed E-state index contributed by atoms with van der Waals surface area (Å²) in [6, 6.07) is 20.2. The Hall–Kier alpha value is -4.13. The molecule has 7 nitrogen and oxygen atoms in total. The van der Waals surface area contributed by atoms with Crippen LogP contribution in [0.1, 0.15) is 17.3 Å². The van der Waals surface area contributed by atoms with Gasteiger partial charge in [-0.3, -0.25) is 14.2 Å². The first-order valence-electron chi connectivity index (χ1n) is 9.34. The summed E-state index contributed by atoms with van der Waals surface area (Å²) in [5, 5.41) is 5.53. The summed E-state index contributed by atoms with van der Waals surface area (Å²) in [5.74, 6) is 0.0225. The molecule has 0 fully saturated rings. The van der Waals surface area contributed by atoms with E-state index in [1.54, 1.807) is 36.7 Å². The summed E-state index contributed by atoms with van der Waals surface area (Å²) in [7, 11) is 1.52. The highest BCUT2D eigenvalue weighted by atomic mass is 16.5. The molecule has 30 heavy (non-hydrogen) atoms. The number of ether oxygens (including phenoxy) is 1. The molecule has 0 radical (unpaired) electrons. The number of nitrogens with one attached hydrogen (secondary N) is 2. The number of fused-ring (bicyclic) bond motifs is 1. The third-order valence-corrected chi connectivity index (χ3v) is 4.63. The van der Waals surface area contributed by atoms with Crippen LogP contribution < -0.4 is 15.4 Å². The molecule has 0 saturated carbocycles. The van der Waals surface area contributed by atoms with Crippen LogP contribution in [0.25, 0.3) is 16.7 Å². The van der Waals surface area contributed by atoms with E-state index in [0.29, 0.717) is 22.7 Å². The summed E-state index contributed by atoms with van der Waals surface area (Å²) < 4.78 is 7.28. The lowest BCUT2D eigenvalue weighted by Crippen LogP contribution is -2.13. The molecule has 0 aliphatic carbocycles. The minimum absolute atomic E-state index is 0.194. The number of imidazole rings is 1. The third-order valence-electron chi connectivity index (χ3n) is 4.63. The van der Waals surface area contributed by atoms with Gasteiger partial charge < -0.3 is 15.4 Å². The van der Waals surface area contributed by atoms with Crippen LogP contribution >= 0.6 is 0 Å². The number of hydrogen-bond acceptors (Lipinski definition) is 4. The van der Waals surface area contributed by atoms with Crippen molar-refractivity contribution < 1.29 is 14.3 Å². The van der Waals surface area contributed by atoms with E-state index in [-0.39, 0.29) is 11.8 Å². The van der Waals surface area contributed by atoms with E-state index in [0.717, 1.165) is 16.7 Å². The molecule has 2 N–H and O–H groups in total. The smallest absolute Gasteiger partial charge is 0.255 e. The van der Waals surface area contributed by atoms with Crippen LogP contribution in [0, 0.1) is 0 Å². The molecule has 0 bridgehead atoms. The normalized spacial score (nSPS) is 10.6. The maximum Gasteiger partial charge on any atom is 0.255 e. The van der Waals surface area contributed by atoms with Crippen molar-refractivity contribution in [3.63, 3.8) is 0 Å². The first-order valence-corrected chi connectivity index (χ1v) is 9.34. The van der Waals surface area contributed by atoms with Crippen molar-refractivity contribution in [2.45, 2.75) is 6.92 Å². The summed E-state index contributed by atoms with van der Waals surface area (Å²) in [4.78, 5) is 28.4. The van der Waals surface area contributed by atoms with Gasteiger partial charge in [-0.05, 0) is 54.6 Å². The second kappa shape index (κ2) is 8.08. The van der Waals surface area contributed by atoms with Gasteiger partial charge in [-0.2, -0.15) is 0 Å². The number of anilines is 2. The van der Waals surface area contributed by atoms with E-state index < -0.39 is 0 Å². The minimum atomic E-state index is -0.282. The quantitative estimate of drug-likeness (QED) is 0.525. The van der Waals surface area contributed by atoms with Crippen LogP contribution in [-0.2, 0) is 4.79 Å². The maximum absolute atomic E-state index is 12.8. The molecule has 1 aromatic heterocycles. The Kier molecular flexibility index (Phi) is 5.17. The summed E-state index contributed by atoms with van der Waals surface area (Å²) in [6.07, 6.45) is 1.76. The first kappa shape index (κ1) is 19.2. The molecule has 1 heterocycles. The van der Waals surface area contributed by atoms with Crippen molar-refractivity contribution in [2.75, 3.05) is 17.7 Å². The largest absolute Gasteiger partial charge is 0.495 e. The number of hydrogen-bond donors (Lipinski definition) is 2. The van der Waals surface area contributed by atoms with Gasteiger partial charge in [0.15, 0.2) is 0 Å². The fourth-order valence-corrected chi connectivity index (χ4v) is 3.22. The molecule has 0 aliphatic heterocycles. The Morgan fingerprint density at radius 1 is 0.967 bits per heavy atom. The molecule has 0 aliphatic rings. The van der Waals surface area contributed by atoms with E-state index in [1.165, 1.54) is 14.0 Å². The minimum Gasteiger partial charge on any atom is -0.495 e. The number of benzene rings is 3. The predicted molar refractivity (Wildman–Crippen MR) is 116 cm³/mol. The van der Waals surface area contributed by atoms with E-state index in [2.05, 4.69) is 15.6 Å². The lowest BCUT2D eigenvalue weighted by atomic mass is 10.1. The summed E-state index contributed by atoms with van der Waals surface area (Å²) in [5.41, 5.74) is 4.35. The Bertz CT molecular complexity index is 1230. The van der Waals surface area contributed by atoms with Crippen LogP contribution in [0.15, 0.2) is 73.1 Å². The predicted octanol–water partition coefficient (Wildman–Crippen LogP) is 4.24. The van der Waals surface area contributed by atoms with E-state index >= 15 is 0 Å². The average molecular weight is 400 g/mol. The molecule has 0 atom stereocenters. The fourth-order valence-electron chi connectivity index (χ4n) is 3.22. The Morgan fingerprint density at radius 2 is 1.73 bits per heavy atom. The number of rotatable bonds is 5. The maximum atomic E-state index is 12.8. The molecule has 4 rings (SSSR count). The lowest BCUT2D eigenvalue weighted by Gasteiger charge is -2.13. The van der Waals surface area contributed by atoms with E-state index in [9.17, 15) is 9.59 Å². The molecule has 2 amide bonds. The van der Waals surface area contributed by atoms with Gasteiger partial charge in [0.05, 0.1) is 23.8 Å². The molecule has 4 aromatic rings. The Morgan fingerprint density at radius 3 is 2.47 bits per heavy atom. The number of nitrogens with zero attached hydrogens (tertiary/aromatic N) is 2. The number of para-hydroxylation sites is 2. The molecule has 0 spiro atoms. The molecular weight excluding hydrogens is 380 g/mol.